The number of aromatic nitrogens is 2. The molecule has 1 fully saturated rings. The fourth-order valence-electron chi connectivity index (χ4n) is 2.00. The Hall–Kier alpha value is -1.20. The summed E-state index contributed by atoms with van der Waals surface area (Å²) in [5.41, 5.74) is 6.83. The lowest BCUT2D eigenvalue weighted by atomic mass is 10.1. The molecule has 2 unspecified atom stereocenters. The molecule has 0 aromatic carbocycles. The highest BCUT2D eigenvalue weighted by atomic mass is 16.5. The predicted octanol–water partition coefficient (Wildman–Crippen LogP) is 0.591. The highest BCUT2D eigenvalue weighted by molar-refractivity contribution is 5.32. The summed E-state index contributed by atoms with van der Waals surface area (Å²) in [6.45, 7) is 6.45. The van der Waals surface area contributed by atoms with E-state index in [0.717, 1.165) is 37.7 Å². The topological polar surface area (TPSA) is 64.3 Å². The Morgan fingerprint density at radius 3 is 2.82 bits per heavy atom. The molecular formula is C12H20N4O. The van der Waals surface area contributed by atoms with Crippen LogP contribution in [0.1, 0.15) is 19.4 Å². The second kappa shape index (κ2) is 5.42. The minimum atomic E-state index is 0.145. The van der Waals surface area contributed by atoms with Crippen LogP contribution in [-0.2, 0) is 11.2 Å². The molecule has 1 aliphatic heterocycles. The van der Waals surface area contributed by atoms with E-state index in [1.807, 2.05) is 19.3 Å². The van der Waals surface area contributed by atoms with E-state index in [4.69, 9.17) is 10.5 Å². The van der Waals surface area contributed by atoms with Crippen molar-refractivity contribution in [3.05, 3.63) is 18.0 Å². The van der Waals surface area contributed by atoms with Gasteiger partial charge in [-0.25, -0.2) is 9.97 Å². The zero-order valence-corrected chi connectivity index (χ0v) is 10.5. The molecule has 0 radical (unpaired) electrons. The van der Waals surface area contributed by atoms with Crippen molar-refractivity contribution >= 4 is 5.95 Å². The average molecular weight is 236 g/mol. The fraction of sp³-hybridized carbons (Fsp3) is 0.667. The van der Waals surface area contributed by atoms with Crippen LogP contribution >= 0.6 is 0 Å². The van der Waals surface area contributed by atoms with Gasteiger partial charge in [-0.05, 0) is 25.8 Å². The molecule has 2 heterocycles. The first-order valence-corrected chi connectivity index (χ1v) is 6.07. The maximum absolute atomic E-state index is 5.74. The van der Waals surface area contributed by atoms with E-state index in [1.165, 1.54) is 0 Å². The summed E-state index contributed by atoms with van der Waals surface area (Å²) in [7, 11) is 0. The third kappa shape index (κ3) is 3.14. The molecule has 5 heteroatoms. The van der Waals surface area contributed by atoms with Gasteiger partial charge in [-0.15, -0.1) is 0 Å². The van der Waals surface area contributed by atoms with Gasteiger partial charge in [0.1, 0.15) is 0 Å². The van der Waals surface area contributed by atoms with Gasteiger partial charge >= 0.3 is 0 Å². The lowest BCUT2D eigenvalue weighted by molar-refractivity contribution is 0.0981. The number of hydrogen-bond acceptors (Lipinski definition) is 5. The highest BCUT2D eigenvalue weighted by Crippen LogP contribution is 2.14. The van der Waals surface area contributed by atoms with E-state index < -0.39 is 0 Å². The number of ether oxygens (including phenoxy) is 1. The van der Waals surface area contributed by atoms with Crippen LogP contribution in [0.4, 0.5) is 5.95 Å². The van der Waals surface area contributed by atoms with Crippen molar-refractivity contribution < 1.29 is 4.74 Å². The molecule has 0 saturated carbocycles. The average Bonchev–Trinajstić information content (AvgIpc) is 2.30. The molecule has 0 amide bonds. The zero-order valence-electron chi connectivity index (χ0n) is 10.5. The summed E-state index contributed by atoms with van der Waals surface area (Å²) < 4.78 is 5.40. The van der Waals surface area contributed by atoms with Gasteiger partial charge in [0.25, 0.3) is 0 Å². The Balaban J connectivity index is 2.06. The molecule has 2 rings (SSSR count). The Morgan fingerprint density at radius 1 is 1.53 bits per heavy atom. The third-order valence-electron chi connectivity index (χ3n) is 2.87. The van der Waals surface area contributed by atoms with E-state index in [9.17, 15) is 0 Å². The largest absolute Gasteiger partial charge is 0.377 e. The van der Waals surface area contributed by atoms with Crippen LogP contribution in [0.5, 0.6) is 0 Å². The Kier molecular flexibility index (Phi) is 3.91. The van der Waals surface area contributed by atoms with Gasteiger partial charge in [0.05, 0.1) is 19.3 Å². The van der Waals surface area contributed by atoms with Crippen LogP contribution in [0.25, 0.3) is 0 Å². The number of anilines is 1. The summed E-state index contributed by atoms with van der Waals surface area (Å²) in [6.07, 6.45) is 4.56. The first-order chi connectivity index (χ1) is 8.16. The summed E-state index contributed by atoms with van der Waals surface area (Å²) in [4.78, 5) is 11.0. The smallest absolute Gasteiger partial charge is 0.225 e. The van der Waals surface area contributed by atoms with Crippen LogP contribution < -0.4 is 10.6 Å². The summed E-state index contributed by atoms with van der Waals surface area (Å²) in [6, 6.07) is 0.481. The monoisotopic (exact) mass is 236 g/mol. The van der Waals surface area contributed by atoms with Gasteiger partial charge in [0, 0.05) is 25.0 Å². The molecule has 94 valence electrons. The van der Waals surface area contributed by atoms with Crippen LogP contribution in [-0.4, -0.2) is 41.8 Å². The van der Waals surface area contributed by atoms with Crippen molar-refractivity contribution in [2.45, 2.75) is 32.4 Å². The molecule has 17 heavy (non-hydrogen) atoms. The fourth-order valence-corrected chi connectivity index (χ4v) is 2.00. The first kappa shape index (κ1) is 12.3. The Labute approximate surface area is 102 Å². The van der Waals surface area contributed by atoms with E-state index in [-0.39, 0.29) is 6.04 Å². The number of morpholine rings is 1. The van der Waals surface area contributed by atoms with Crippen molar-refractivity contribution in [1.29, 1.82) is 0 Å². The number of nitrogens with zero attached hydrogens (tertiary/aromatic N) is 3. The van der Waals surface area contributed by atoms with E-state index in [0.29, 0.717) is 6.04 Å². The molecule has 2 N–H and O–H groups in total. The quantitative estimate of drug-likeness (QED) is 0.832. The Morgan fingerprint density at radius 2 is 2.24 bits per heavy atom. The number of nitrogens with two attached hydrogens (primary N) is 1. The van der Waals surface area contributed by atoms with E-state index in [1.54, 1.807) is 0 Å². The maximum Gasteiger partial charge on any atom is 0.225 e. The normalized spacial score (nSPS) is 22.5. The van der Waals surface area contributed by atoms with Gasteiger partial charge in [-0.3, -0.25) is 0 Å². The standard InChI is InChI=1S/C12H20N4O/c1-9(13)5-11-6-14-12(15-7-11)16-3-4-17-8-10(16)2/h6-7,9-10H,3-5,8,13H2,1-2H3. The number of rotatable bonds is 3. The van der Waals surface area contributed by atoms with Crippen molar-refractivity contribution in [1.82, 2.24) is 9.97 Å². The molecule has 1 aromatic heterocycles. The van der Waals surface area contributed by atoms with Gasteiger partial charge in [0.15, 0.2) is 0 Å². The van der Waals surface area contributed by atoms with Crippen LogP contribution in [0.15, 0.2) is 12.4 Å². The van der Waals surface area contributed by atoms with E-state index >= 15 is 0 Å². The predicted molar refractivity (Wildman–Crippen MR) is 67.0 cm³/mol. The molecule has 0 spiro atoms. The minimum Gasteiger partial charge on any atom is -0.377 e. The maximum atomic E-state index is 5.74. The van der Waals surface area contributed by atoms with Crippen LogP contribution in [0.2, 0.25) is 0 Å². The molecule has 0 aliphatic carbocycles. The van der Waals surface area contributed by atoms with Crippen molar-refractivity contribution in [2.75, 3.05) is 24.7 Å². The van der Waals surface area contributed by atoms with Gasteiger partial charge in [0.2, 0.25) is 5.95 Å². The summed E-state index contributed by atoms with van der Waals surface area (Å²) >= 11 is 0. The summed E-state index contributed by atoms with van der Waals surface area (Å²) in [5, 5.41) is 0. The molecular weight excluding hydrogens is 216 g/mol. The SMILES string of the molecule is CC(N)Cc1cnc(N2CCOCC2C)nc1. The van der Waals surface area contributed by atoms with Crippen molar-refractivity contribution in [3.63, 3.8) is 0 Å². The second-order valence-electron chi connectivity index (χ2n) is 4.69. The third-order valence-corrected chi connectivity index (χ3v) is 2.87. The lowest BCUT2D eigenvalue weighted by Crippen LogP contribution is -2.44. The van der Waals surface area contributed by atoms with Gasteiger partial charge in [-0.2, -0.15) is 0 Å². The Bertz CT molecular complexity index is 352. The highest BCUT2D eigenvalue weighted by Gasteiger charge is 2.20. The van der Waals surface area contributed by atoms with Gasteiger partial charge in [-0.1, -0.05) is 0 Å². The van der Waals surface area contributed by atoms with Crippen LogP contribution in [0, 0.1) is 0 Å². The molecule has 1 saturated heterocycles. The number of hydrogen-bond donors (Lipinski definition) is 1. The van der Waals surface area contributed by atoms with E-state index in [2.05, 4.69) is 21.8 Å². The molecule has 5 nitrogen and oxygen atoms in total. The molecule has 1 aromatic rings. The van der Waals surface area contributed by atoms with Crippen LogP contribution in [0.3, 0.4) is 0 Å². The second-order valence-corrected chi connectivity index (χ2v) is 4.69. The van der Waals surface area contributed by atoms with Crippen molar-refractivity contribution in [2.24, 2.45) is 5.73 Å². The molecule has 1 aliphatic rings. The zero-order chi connectivity index (χ0) is 12.3. The van der Waals surface area contributed by atoms with Gasteiger partial charge < -0.3 is 15.4 Å². The molecule has 0 bridgehead atoms. The minimum absolute atomic E-state index is 0.145. The molecule has 2 atom stereocenters. The lowest BCUT2D eigenvalue weighted by Gasteiger charge is -2.33. The first-order valence-electron chi connectivity index (χ1n) is 6.07. The summed E-state index contributed by atoms with van der Waals surface area (Å²) in [5.74, 6) is 0.786. The van der Waals surface area contributed by atoms with Crippen molar-refractivity contribution in [3.8, 4) is 0 Å².